The van der Waals surface area contributed by atoms with Crippen LogP contribution in [0.5, 0.6) is 5.75 Å². The summed E-state index contributed by atoms with van der Waals surface area (Å²) in [5.74, 6) is -0.849. The van der Waals surface area contributed by atoms with Crippen molar-refractivity contribution < 1.29 is 17.9 Å². The molecule has 5 heteroatoms. The molecule has 0 heterocycles. The quantitative estimate of drug-likeness (QED) is 0.791. The lowest BCUT2D eigenvalue weighted by Gasteiger charge is -2.09. The van der Waals surface area contributed by atoms with E-state index in [9.17, 15) is 13.2 Å². The zero-order valence-electron chi connectivity index (χ0n) is 6.64. The molecular formula is C8H8F3NO. The summed E-state index contributed by atoms with van der Waals surface area (Å²) in [6.07, 6.45) is 0. The predicted octanol–water partition coefficient (Wildman–Crippen LogP) is 1.89. The van der Waals surface area contributed by atoms with Gasteiger partial charge in [0.05, 0.1) is 0 Å². The molecule has 0 saturated heterocycles. The van der Waals surface area contributed by atoms with Gasteiger partial charge in [-0.15, -0.1) is 0 Å². The number of rotatable bonds is 3. The van der Waals surface area contributed by atoms with Gasteiger partial charge in [-0.05, 0) is 12.1 Å². The van der Waals surface area contributed by atoms with E-state index < -0.39 is 12.4 Å². The maximum Gasteiger partial charge on any atom is 0.387 e. The van der Waals surface area contributed by atoms with Crippen LogP contribution < -0.4 is 10.5 Å². The molecule has 2 N–H and O–H groups in total. The summed E-state index contributed by atoms with van der Waals surface area (Å²) in [6, 6.07) is 3.67. The average molecular weight is 191 g/mol. The fraction of sp³-hybridized carbons (Fsp3) is 0.250. The molecule has 2 nitrogen and oxygen atoms in total. The van der Waals surface area contributed by atoms with Gasteiger partial charge in [-0.2, -0.15) is 8.78 Å². The van der Waals surface area contributed by atoms with E-state index in [1.54, 1.807) is 0 Å². The highest BCUT2D eigenvalue weighted by atomic mass is 19.3. The van der Waals surface area contributed by atoms with Gasteiger partial charge in [-0.3, -0.25) is 0 Å². The maximum absolute atomic E-state index is 12.9. The Morgan fingerprint density at radius 1 is 1.38 bits per heavy atom. The number of nitrogens with two attached hydrogens (primary N) is 1. The van der Waals surface area contributed by atoms with E-state index in [2.05, 4.69) is 4.74 Å². The third-order valence-electron chi connectivity index (χ3n) is 1.50. The highest BCUT2D eigenvalue weighted by Gasteiger charge is 2.11. The second-order valence-corrected chi connectivity index (χ2v) is 2.30. The summed E-state index contributed by atoms with van der Waals surface area (Å²) in [6.45, 7) is -3.14. The standard InChI is InChI=1S/C8H8F3NO/c9-6-2-1-3-7(5(6)4-12)13-8(10)11/h1-3,8H,4,12H2. The lowest BCUT2D eigenvalue weighted by molar-refractivity contribution is -0.0506. The summed E-state index contributed by atoms with van der Waals surface area (Å²) >= 11 is 0. The fourth-order valence-corrected chi connectivity index (χ4v) is 0.943. The fourth-order valence-electron chi connectivity index (χ4n) is 0.943. The van der Waals surface area contributed by atoms with E-state index in [1.165, 1.54) is 12.1 Å². The van der Waals surface area contributed by atoms with E-state index in [4.69, 9.17) is 5.73 Å². The van der Waals surface area contributed by atoms with Gasteiger partial charge >= 0.3 is 6.61 Å². The Kier molecular flexibility index (Phi) is 3.13. The molecule has 1 aromatic rings. The van der Waals surface area contributed by atoms with Gasteiger partial charge in [0.2, 0.25) is 0 Å². The molecule has 13 heavy (non-hydrogen) atoms. The molecular weight excluding hydrogens is 183 g/mol. The van der Waals surface area contributed by atoms with Crippen LogP contribution in [0.2, 0.25) is 0 Å². The summed E-state index contributed by atoms with van der Waals surface area (Å²) < 4.78 is 40.5. The summed E-state index contributed by atoms with van der Waals surface area (Å²) in [5.41, 5.74) is 5.12. The monoisotopic (exact) mass is 191 g/mol. The van der Waals surface area contributed by atoms with Gasteiger partial charge in [-0.25, -0.2) is 4.39 Å². The number of alkyl halides is 2. The Balaban J connectivity index is 2.98. The Morgan fingerprint density at radius 3 is 2.62 bits per heavy atom. The van der Waals surface area contributed by atoms with E-state index in [-0.39, 0.29) is 17.9 Å². The lowest BCUT2D eigenvalue weighted by Crippen LogP contribution is -2.08. The Bertz CT molecular complexity index is 291. The third-order valence-corrected chi connectivity index (χ3v) is 1.50. The van der Waals surface area contributed by atoms with Crippen LogP contribution >= 0.6 is 0 Å². The van der Waals surface area contributed by atoms with Crippen molar-refractivity contribution in [3.8, 4) is 5.75 Å². The minimum Gasteiger partial charge on any atom is -0.434 e. The van der Waals surface area contributed by atoms with Crippen LogP contribution in [0.4, 0.5) is 13.2 Å². The number of benzene rings is 1. The normalized spacial score (nSPS) is 10.5. The van der Waals surface area contributed by atoms with Crippen LogP contribution in [-0.2, 0) is 6.54 Å². The first-order chi connectivity index (χ1) is 6.15. The average Bonchev–Trinajstić information content (AvgIpc) is 2.03. The van der Waals surface area contributed by atoms with Crippen molar-refractivity contribution in [1.29, 1.82) is 0 Å². The Labute approximate surface area is 73.1 Å². The smallest absolute Gasteiger partial charge is 0.387 e. The third kappa shape index (κ3) is 2.35. The molecule has 0 spiro atoms. The van der Waals surface area contributed by atoms with Gasteiger partial charge in [0, 0.05) is 12.1 Å². The topological polar surface area (TPSA) is 35.2 Å². The highest BCUT2D eigenvalue weighted by molar-refractivity contribution is 5.34. The van der Waals surface area contributed by atoms with Crippen molar-refractivity contribution in [2.24, 2.45) is 5.73 Å². The van der Waals surface area contributed by atoms with E-state index in [0.717, 1.165) is 6.07 Å². The molecule has 0 aliphatic heterocycles. The maximum atomic E-state index is 12.9. The molecule has 72 valence electrons. The van der Waals surface area contributed by atoms with Gasteiger partial charge < -0.3 is 10.5 Å². The van der Waals surface area contributed by atoms with Crippen molar-refractivity contribution in [3.63, 3.8) is 0 Å². The Hall–Kier alpha value is -1.23. The van der Waals surface area contributed by atoms with Crippen LogP contribution in [-0.4, -0.2) is 6.61 Å². The van der Waals surface area contributed by atoms with E-state index in [0.29, 0.717) is 0 Å². The number of ether oxygens (including phenoxy) is 1. The molecule has 0 aromatic heterocycles. The van der Waals surface area contributed by atoms with Crippen LogP contribution in [0.1, 0.15) is 5.56 Å². The second-order valence-electron chi connectivity index (χ2n) is 2.30. The first-order valence-electron chi connectivity index (χ1n) is 3.57. The molecule has 0 fully saturated rings. The molecule has 0 unspecified atom stereocenters. The van der Waals surface area contributed by atoms with Crippen molar-refractivity contribution in [3.05, 3.63) is 29.6 Å². The zero-order valence-corrected chi connectivity index (χ0v) is 6.64. The number of halogens is 3. The van der Waals surface area contributed by atoms with Gasteiger partial charge in [0.15, 0.2) is 0 Å². The molecule has 0 radical (unpaired) electrons. The van der Waals surface area contributed by atoms with Crippen molar-refractivity contribution in [2.75, 3.05) is 0 Å². The van der Waals surface area contributed by atoms with Crippen molar-refractivity contribution in [2.45, 2.75) is 13.2 Å². The van der Waals surface area contributed by atoms with Crippen LogP contribution in [0.25, 0.3) is 0 Å². The summed E-state index contributed by atoms with van der Waals surface area (Å²) in [4.78, 5) is 0. The zero-order chi connectivity index (χ0) is 9.84. The molecule has 0 bridgehead atoms. The summed E-state index contributed by atoms with van der Waals surface area (Å²) in [5, 5.41) is 0. The largest absolute Gasteiger partial charge is 0.434 e. The molecule has 0 aliphatic rings. The van der Waals surface area contributed by atoms with E-state index >= 15 is 0 Å². The molecule has 0 atom stereocenters. The van der Waals surface area contributed by atoms with Crippen molar-refractivity contribution in [1.82, 2.24) is 0 Å². The van der Waals surface area contributed by atoms with Gasteiger partial charge in [-0.1, -0.05) is 6.07 Å². The summed E-state index contributed by atoms with van der Waals surface area (Å²) in [7, 11) is 0. The molecule has 1 aromatic carbocycles. The molecule has 1 rings (SSSR count). The number of hydrogen-bond donors (Lipinski definition) is 1. The molecule has 0 saturated carbocycles. The van der Waals surface area contributed by atoms with Gasteiger partial charge in [0.1, 0.15) is 11.6 Å². The Morgan fingerprint density at radius 2 is 2.08 bits per heavy atom. The minimum atomic E-state index is -2.97. The first kappa shape index (κ1) is 9.85. The first-order valence-corrected chi connectivity index (χ1v) is 3.57. The predicted molar refractivity (Wildman–Crippen MR) is 40.9 cm³/mol. The van der Waals surface area contributed by atoms with Crippen LogP contribution in [0.15, 0.2) is 18.2 Å². The lowest BCUT2D eigenvalue weighted by atomic mass is 10.2. The van der Waals surface area contributed by atoms with Gasteiger partial charge in [0.25, 0.3) is 0 Å². The molecule has 0 amide bonds. The molecule has 0 aliphatic carbocycles. The van der Waals surface area contributed by atoms with Crippen molar-refractivity contribution >= 4 is 0 Å². The highest BCUT2D eigenvalue weighted by Crippen LogP contribution is 2.22. The SMILES string of the molecule is NCc1c(F)cccc1OC(F)F. The minimum absolute atomic E-state index is 0.0391. The second kappa shape index (κ2) is 4.13. The number of hydrogen-bond acceptors (Lipinski definition) is 2. The van der Waals surface area contributed by atoms with Crippen LogP contribution in [0, 0.1) is 5.82 Å². The van der Waals surface area contributed by atoms with Crippen LogP contribution in [0.3, 0.4) is 0 Å². The van der Waals surface area contributed by atoms with E-state index in [1.807, 2.05) is 0 Å².